The van der Waals surface area contributed by atoms with Gasteiger partial charge in [-0.1, -0.05) is 6.92 Å². The average molecular weight is 297 g/mol. The number of hydrogen-bond acceptors (Lipinski definition) is 4. The van der Waals surface area contributed by atoms with E-state index in [1.54, 1.807) is 5.51 Å². The van der Waals surface area contributed by atoms with Gasteiger partial charge in [0.1, 0.15) is 6.04 Å². The van der Waals surface area contributed by atoms with Crippen LogP contribution in [0.4, 0.5) is 4.79 Å². The van der Waals surface area contributed by atoms with E-state index in [-0.39, 0.29) is 6.03 Å². The van der Waals surface area contributed by atoms with Crippen LogP contribution in [0.2, 0.25) is 0 Å². The highest BCUT2D eigenvalue weighted by atomic mass is 32.1. The van der Waals surface area contributed by atoms with Crippen molar-refractivity contribution in [3.8, 4) is 0 Å². The Morgan fingerprint density at radius 2 is 2.35 bits per heavy atom. The van der Waals surface area contributed by atoms with Gasteiger partial charge >= 0.3 is 12.0 Å². The summed E-state index contributed by atoms with van der Waals surface area (Å²) in [5, 5.41) is 12.0. The number of carbonyl (C=O) groups is 2. The number of carbonyl (C=O) groups excluding carboxylic acids is 1. The van der Waals surface area contributed by atoms with E-state index < -0.39 is 12.0 Å². The van der Waals surface area contributed by atoms with Gasteiger partial charge in [-0.25, -0.2) is 14.6 Å². The average Bonchev–Trinajstić information content (AvgIpc) is 2.81. The molecular weight excluding hydrogens is 278 g/mol. The summed E-state index contributed by atoms with van der Waals surface area (Å²) >= 11 is 1.49. The summed E-state index contributed by atoms with van der Waals surface area (Å²) in [5.41, 5.74) is 2.64. The molecule has 0 bridgehead atoms. The minimum Gasteiger partial charge on any atom is -0.480 e. The second-order valence-corrected chi connectivity index (χ2v) is 6.14. The lowest BCUT2D eigenvalue weighted by molar-refractivity contribution is -0.143. The third-order valence-corrected chi connectivity index (χ3v) is 4.59. The van der Waals surface area contributed by atoms with E-state index in [0.29, 0.717) is 25.4 Å². The van der Waals surface area contributed by atoms with Crippen molar-refractivity contribution in [3.05, 3.63) is 16.1 Å². The normalized spacial score (nSPS) is 22.6. The van der Waals surface area contributed by atoms with Crippen LogP contribution in [0.5, 0.6) is 0 Å². The molecule has 0 saturated carbocycles. The number of aliphatic carboxylic acids is 1. The maximum atomic E-state index is 12.2. The molecule has 1 fully saturated rings. The van der Waals surface area contributed by atoms with Crippen molar-refractivity contribution in [2.24, 2.45) is 5.92 Å². The first-order valence-corrected chi connectivity index (χ1v) is 7.53. The molecule has 0 spiro atoms. The first kappa shape index (κ1) is 14.8. The number of aromatic nitrogens is 1. The molecule has 20 heavy (non-hydrogen) atoms. The fourth-order valence-corrected chi connectivity index (χ4v) is 3.09. The number of amides is 2. The number of aryl methyl sites for hydroxylation is 1. The zero-order valence-electron chi connectivity index (χ0n) is 11.6. The van der Waals surface area contributed by atoms with Gasteiger partial charge in [0.15, 0.2) is 0 Å². The highest BCUT2D eigenvalue weighted by Gasteiger charge is 2.34. The van der Waals surface area contributed by atoms with Crippen LogP contribution >= 0.6 is 11.3 Å². The first-order valence-electron chi connectivity index (χ1n) is 6.65. The van der Waals surface area contributed by atoms with Crippen molar-refractivity contribution >= 4 is 23.3 Å². The Morgan fingerprint density at radius 3 is 2.95 bits per heavy atom. The highest BCUT2D eigenvalue weighted by molar-refractivity contribution is 7.09. The maximum Gasteiger partial charge on any atom is 0.326 e. The van der Waals surface area contributed by atoms with Crippen LogP contribution in [0.1, 0.15) is 30.3 Å². The van der Waals surface area contributed by atoms with Gasteiger partial charge < -0.3 is 15.3 Å². The molecule has 0 aromatic carbocycles. The second kappa shape index (κ2) is 6.21. The summed E-state index contributed by atoms with van der Waals surface area (Å²) in [6.45, 7) is 4.80. The number of carboxylic acid groups (broad SMARTS) is 1. The molecule has 0 aliphatic carbocycles. The van der Waals surface area contributed by atoms with Crippen molar-refractivity contribution in [1.82, 2.24) is 15.2 Å². The Hall–Kier alpha value is -1.63. The van der Waals surface area contributed by atoms with E-state index in [2.05, 4.69) is 10.3 Å². The van der Waals surface area contributed by atoms with Crippen LogP contribution in [-0.4, -0.2) is 39.6 Å². The molecule has 2 amide bonds. The monoisotopic (exact) mass is 297 g/mol. The zero-order chi connectivity index (χ0) is 14.7. The van der Waals surface area contributed by atoms with Gasteiger partial charge in [-0.15, -0.1) is 11.3 Å². The first-order chi connectivity index (χ1) is 9.49. The summed E-state index contributed by atoms with van der Waals surface area (Å²) < 4.78 is 0. The number of hydrogen-bond donors (Lipinski definition) is 2. The van der Waals surface area contributed by atoms with Crippen LogP contribution < -0.4 is 5.32 Å². The summed E-state index contributed by atoms with van der Waals surface area (Å²) in [4.78, 5) is 30.0. The van der Waals surface area contributed by atoms with Crippen LogP contribution in [0, 0.1) is 12.8 Å². The Bertz CT molecular complexity index is 503. The number of piperidine rings is 1. The summed E-state index contributed by atoms with van der Waals surface area (Å²) in [5.74, 6) is -0.593. The summed E-state index contributed by atoms with van der Waals surface area (Å²) in [6.07, 6.45) is 1.36. The Kier molecular flexibility index (Phi) is 4.59. The molecular formula is C13H19N3O3S. The molecule has 2 N–H and O–H groups in total. The van der Waals surface area contributed by atoms with Gasteiger partial charge in [-0.05, 0) is 25.7 Å². The predicted molar refractivity (Wildman–Crippen MR) is 75.6 cm³/mol. The number of rotatable bonds is 3. The van der Waals surface area contributed by atoms with Gasteiger partial charge in [0, 0.05) is 11.4 Å². The molecule has 2 heterocycles. The van der Waals surface area contributed by atoms with E-state index in [4.69, 9.17) is 0 Å². The number of urea groups is 1. The van der Waals surface area contributed by atoms with E-state index in [1.807, 2.05) is 13.8 Å². The van der Waals surface area contributed by atoms with E-state index >= 15 is 0 Å². The Labute approximate surface area is 121 Å². The number of thiazole rings is 1. The van der Waals surface area contributed by atoms with E-state index in [0.717, 1.165) is 17.0 Å². The third kappa shape index (κ3) is 3.27. The fraction of sp³-hybridized carbons (Fsp3) is 0.615. The molecule has 2 atom stereocenters. The predicted octanol–water partition coefficient (Wildman–Crippen LogP) is 1.85. The van der Waals surface area contributed by atoms with E-state index in [9.17, 15) is 14.7 Å². The molecule has 110 valence electrons. The molecule has 1 aromatic rings. The van der Waals surface area contributed by atoms with Gasteiger partial charge in [0.05, 0.1) is 17.7 Å². The standard InChI is InChI=1S/C13H19N3O3S/c1-8-3-4-16(10(5-8)12(17)18)13(19)14-6-11-9(2)15-7-20-11/h7-8,10H,3-6H2,1-2H3,(H,14,19)(H,17,18). The molecule has 2 unspecified atom stereocenters. The topological polar surface area (TPSA) is 82.5 Å². The summed E-state index contributed by atoms with van der Waals surface area (Å²) in [6, 6.07) is -1.03. The Balaban J connectivity index is 1.96. The lowest BCUT2D eigenvalue weighted by atomic mass is 9.93. The van der Waals surface area contributed by atoms with Crippen molar-refractivity contribution in [1.29, 1.82) is 0 Å². The second-order valence-electron chi connectivity index (χ2n) is 5.20. The van der Waals surface area contributed by atoms with Gasteiger partial charge in [-0.2, -0.15) is 0 Å². The van der Waals surface area contributed by atoms with Crippen molar-refractivity contribution in [3.63, 3.8) is 0 Å². The molecule has 2 rings (SSSR count). The Morgan fingerprint density at radius 1 is 1.60 bits per heavy atom. The smallest absolute Gasteiger partial charge is 0.326 e. The van der Waals surface area contributed by atoms with Crippen LogP contribution in [0.3, 0.4) is 0 Å². The number of nitrogens with zero attached hydrogens (tertiary/aromatic N) is 2. The largest absolute Gasteiger partial charge is 0.480 e. The van der Waals surface area contributed by atoms with Gasteiger partial charge in [0.25, 0.3) is 0 Å². The van der Waals surface area contributed by atoms with Crippen LogP contribution in [-0.2, 0) is 11.3 Å². The SMILES string of the molecule is Cc1ncsc1CNC(=O)N1CCC(C)CC1C(=O)O. The van der Waals surface area contributed by atoms with Crippen molar-refractivity contribution in [2.45, 2.75) is 39.3 Å². The van der Waals surface area contributed by atoms with Gasteiger partial charge in [0.2, 0.25) is 0 Å². The van der Waals surface area contributed by atoms with Crippen LogP contribution in [0.25, 0.3) is 0 Å². The molecule has 7 heteroatoms. The number of nitrogens with one attached hydrogen (secondary N) is 1. The van der Waals surface area contributed by atoms with Gasteiger partial charge in [-0.3, -0.25) is 0 Å². The number of likely N-dealkylation sites (tertiary alicyclic amines) is 1. The number of carboxylic acids is 1. The highest BCUT2D eigenvalue weighted by Crippen LogP contribution is 2.23. The molecule has 6 nitrogen and oxygen atoms in total. The quantitative estimate of drug-likeness (QED) is 0.892. The minimum absolute atomic E-state index is 0.308. The molecule has 1 aromatic heterocycles. The lowest BCUT2D eigenvalue weighted by Gasteiger charge is -2.35. The minimum atomic E-state index is -0.930. The fourth-order valence-electron chi connectivity index (χ4n) is 2.37. The third-order valence-electron chi connectivity index (χ3n) is 3.66. The lowest BCUT2D eigenvalue weighted by Crippen LogP contribution is -2.53. The van der Waals surface area contributed by atoms with Crippen molar-refractivity contribution < 1.29 is 14.7 Å². The molecule has 1 aliphatic heterocycles. The molecule has 1 aliphatic rings. The zero-order valence-corrected chi connectivity index (χ0v) is 12.4. The van der Waals surface area contributed by atoms with Crippen LogP contribution in [0.15, 0.2) is 5.51 Å². The van der Waals surface area contributed by atoms with E-state index in [1.165, 1.54) is 16.2 Å². The van der Waals surface area contributed by atoms with Crippen molar-refractivity contribution in [2.75, 3.05) is 6.54 Å². The summed E-state index contributed by atoms with van der Waals surface area (Å²) in [7, 11) is 0. The molecule has 0 radical (unpaired) electrons. The maximum absolute atomic E-state index is 12.2. The molecule has 1 saturated heterocycles.